The largest absolute Gasteiger partial charge is 0.497 e. The van der Waals surface area contributed by atoms with Gasteiger partial charge in [0.15, 0.2) is 0 Å². The van der Waals surface area contributed by atoms with Crippen molar-refractivity contribution in [2.24, 2.45) is 0 Å². The fourth-order valence-corrected chi connectivity index (χ4v) is 3.24. The van der Waals surface area contributed by atoms with Gasteiger partial charge < -0.3 is 19.9 Å². The maximum atomic E-state index is 13.3. The van der Waals surface area contributed by atoms with Crippen LogP contribution in [0.2, 0.25) is 0 Å². The van der Waals surface area contributed by atoms with Crippen molar-refractivity contribution in [3.05, 3.63) is 58.1 Å². The van der Waals surface area contributed by atoms with Gasteiger partial charge in [-0.15, -0.1) is 0 Å². The van der Waals surface area contributed by atoms with E-state index in [1.54, 1.807) is 18.2 Å². The van der Waals surface area contributed by atoms with Crippen molar-refractivity contribution in [1.82, 2.24) is 0 Å². The molecule has 6 heteroatoms. The van der Waals surface area contributed by atoms with Crippen molar-refractivity contribution in [3.63, 3.8) is 0 Å². The third-order valence-electron chi connectivity index (χ3n) is 4.15. The fraction of sp³-hybridized carbons (Fsp3) is 0.150. The van der Waals surface area contributed by atoms with Gasteiger partial charge >= 0.3 is 0 Å². The van der Waals surface area contributed by atoms with Gasteiger partial charge in [-0.05, 0) is 35.0 Å². The quantitative estimate of drug-likeness (QED) is 0.492. The van der Waals surface area contributed by atoms with E-state index in [2.05, 4.69) is 15.9 Å². The molecular formula is C20H18BrNO4. The molecule has 0 saturated heterocycles. The molecule has 2 N–H and O–H groups in total. The van der Waals surface area contributed by atoms with Crippen LogP contribution in [0.15, 0.2) is 46.9 Å². The van der Waals surface area contributed by atoms with Gasteiger partial charge in [0.05, 0.1) is 38.1 Å². The van der Waals surface area contributed by atoms with Gasteiger partial charge in [0.1, 0.15) is 17.2 Å². The van der Waals surface area contributed by atoms with Crippen molar-refractivity contribution in [3.8, 4) is 17.2 Å². The standard InChI is InChI=1S/C20H18BrNO4/c1-24-14-9-16(22)19(18(10-14)26-3)20(23)15-7-12-6-13(21)5-4-11(12)8-17(15)25-2/h4-10H,22H2,1-3H3. The van der Waals surface area contributed by atoms with Gasteiger partial charge in [-0.25, -0.2) is 0 Å². The Kier molecular flexibility index (Phi) is 5.04. The number of methoxy groups -OCH3 is 3. The number of ether oxygens (including phenoxy) is 3. The van der Waals surface area contributed by atoms with Crippen molar-refractivity contribution < 1.29 is 19.0 Å². The molecule has 134 valence electrons. The minimum atomic E-state index is -0.277. The number of rotatable bonds is 5. The number of nitrogen functional groups attached to an aromatic ring is 1. The lowest BCUT2D eigenvalue weighted by Crippen LogP contribution is -2.10. The Morgan fingerprint density at radius 3 is 2.27 bits per heavy atom. The Hall–Kier alpha value is -2.73. The molecule has 0 aliphatic carbocycles. The Morgan fingerprint density at radius 2 is 1.62 bits per heavy atom. The zero-order valence-corrected chi connectivity index (χ0v) is 16.2. The van der Waals surface area contributed by atoms with Gasteiger partial charge in [-0.1, -0.05) is 22.0 Å². The van der Waals surface area contributed by atoms with Crippen LogP contribution >= 0.6 is 15.9 Å². The fourth-order valence-electron chi connectivity index (χ4n) is 2.86. The summed E-state index contributed by atoms with van der Waals surface area (Å²) in [6.07, 6.45) is 0. The van der Waals surface area contributed by atoms with Crippen LogP contribution in [0, 0.1) is 0 Å². The van der Waals surface area contributed by atoms with E-state index in [4.69, 9.17) is 19.9 Å². The Labute approximate surface area is 159 Å². The topological polar surface area (TPSA) is 70.8 Å². The van der Waals surface area contributed by atoms with Gasteiger partial charge in [-0.3, -0.25) is 4.79 Å². The second-order valence-electron chi connectivity index (χ2n) is 5.67. The number of ketones is 1. The molecule has 0 heterocycles. The molecule has 0 fully saturated rings. The highest BCUT2D eigenvalue weighted by Gasteiger charge is 2.23. The first-order chi connectivity index (χ1) is 12.5. The van der Waals surface area contributed by atoms with Crippen LogP contribution in [0.25, 0.3) is 10.8 Å². The van der Waals surface area contributed by atoms with E-state index in [0.717, 1.165) is 15.2 Å². The van der Waals surface area contributed by atoms with Crippen molar-refractivity contribution in [1.29, 1.82) is 0 Å². The summed E-state index contributed by atoms with van der Waals surface area (Å²) in [6, 6.07) is 12.7. The molecule has 0 atom stereocenters. The minimum Gasteiger partial charge on any atom is -0.497 e. The second-order valence-corrected chi connectivity index (χ2v) is 6.58. The number of carbonyl (C=O) groups is 1. The summed E-state index contributed by atoms with van der Waals surface area (Å²) in [4.78, 5) is 13.3. The predicted molar refractivity (Wildman–Crippen MR) is 106 cm³/mol. The number of hydrogen-bond donors (Lipinski definition) is 1. The van der Waals surface area contributed by atoms with Crippen LogP contribution in [-0.2, 0) is 0 Å². The van der Waals surface area contributed by atoms with Gasteiger partial charge in [-0.2, -0.15) is 0 Å². The number of benzene rings is 3. The van der Waals surface area contributed by atoms with Crippen molar-refractivity contribution in [2.45, 2.75) is 0 Å². The molecule has 0 aliphatic rings. The summed E-state index contributed by atoms with van der Waals surface area (Å²) in [7, 11) is 4.55. The summed E-state index contributed by atoms with van der Waals surface area (Å²) in [6.45, 7) is 0. The lowest BCUT2D eigenvalue weighted by molar-refractivity contribution is 0.103. The SMILES string of the molecule is COc1cc(N)c(C(=O)c2cc3cc(Br)ccc3cc2OC)c(OC)c1. The Bertz CT molecular complexity index is 1000. The maximum Gasteiger partial charge on any atom is 0.202 e. The van der Waals surface area contributed by atoms with Gasteiger partial charge in [0, 0.05) is 16.6 Å². The number of nitrogens with two attached hydrogens (primary N) is 1. The van der Waals surface area contributed by atoms with E-state index in [0.29, 0.717) is 22.8 Å². The van der Waals surface area contributed by atoms with E-state index in [-0.39, 0.29) is 17.0 Å². The van der Waals surface area contributed by atoms with E-state index in [1.807, 2.05) is 24.3 Å². The molecule has 3 aromatic rings. The van der Waals surface area contributed by atoms with Gasteiger partial charge in [0.2, 0.25) is 5.78 Å². The molecule has 0 spiro atoms. The number of carbonyl (C=O) groups excluding carboxylic acids is 1. The van der Waals surface area contributed by atoms with Crippen LogP contribution < -0.4 is 19.9 Å². The number of anilines is 1. The molecule has 3 rings (SSSR count). The highest BCUT2D eigenvalue weighted by molar-refractivity contribution is 9.10. The number of fused-ring (bicyclic) bond motifs is 1. The van der Waals surface area contributed by atoms with Crippen LogP contribution in [0.1, 0.15) is 15.9 Å². The predicted octanol–water partition coefficient (Wildman–Crippen LogP) is 4.44. The average Bonchev–Trinajstić information content (AvgIpc) is 2.65. The van der Waals surface area contributed by atoms with E-state index in [1.165, 1.54) is 21.3 Å². The van der Waals surface area contributed by atoms with Gasteiger partial charge in [0.25, 0.3) is 0 Å². The van der Waals surface area contributed by atoms with Crippen molar-refractivity contribution in [2.75, 3.05) is 27.1 Å². The third-order valence-corrected chi connectivity index (χ3v) is 4.65. The first-order valence-electron chi connectivity index (χ1n) is 7.82. The molecule has 26 heavy (non-hydrogen) atoms. The lowest BCUT2D eigenvalue weighted by Gasteiger charge is -2.15. The molecule has 0 unspecified atom stereocenters. The first kappa shape index (κ1) is 18.1. The number of halogens is 1. The van der Waals surface area contributed by atoms with Crippen molar-refractivity contribution >= 4 is 38.2 Å². The monoisotopic (exact) mass is 415 g/mol. The van der Waals surface area contributed by atoms with E-state index >= 15 is 0 Å². The molecule has 0 saturated carbocycles. The summed E-state index contributed by atoms with van der Waals surface area (Å²) < 4.78 is 16.9. The zero-order chi connectivity index (χ0) is 18.8. The van der Waals surface area contributed by atoms with E-state index < -0.39 is 0 Å². The minimum absolute atomic E-state index is 0.277. The Balaban J connectivity index is 2.21. The highest BCUT2D eigenvalue weighted by atomic mass is 79.9. The number of hydrogen-bond acceptors (Lipinski definition) is 5. The molecule has 3 aromatic carbocycles. The summed E-state index contributed by atoms with van der Waals surface area (Å²) >= 11 is 3.45. The summed E-state index contributed by atoms with van der Waals surface area (Å²) in [5.74, 6) is 1.07. The lowest BCUT2D eigenvalue weighted by atomic mass is 9.97. The smallest absolute Gasteiger partial charge is 0.202 e. The summed E-state index contributed by atoms with van der Waals surface area (Å²) in [5, 5.41) is 1.88. The molecule has 5 nitrogen and oxygen atoms in total. The first-order valence-corrected chi connectivity index (χ1v) is 8.61. The van der Waals surface area contributed by atoms with Crippen LogP contribution in [-0.4, -0.2) is 27.1 Å². The van der Waals surface area contributed by atoms with Crippen LogP contribution in [0.4, 0.5) is 5.69 Å². The molecule has 0 aliphatic heterocycles. The molecule has 0 radical (unpaired) electrons. The summed E-state index contributed by atoms with van der Waals surface area (Å²) in [5.41, 5.74) is 7.08. The van der Waals surface area contributed by atoms with Crippen LogP contribution in [0.3, 0.4) is 0 Å². The molecule has 0 bridgehead atoms. The second kappa shape index (κ2) is 7.25. The molecule has 0 amide bonds. The normalized spacial score (nSPS) is 10.6. The average molecular weight is 416 g/mol. The third kappa shape index (κ3) is 3.20. The highest BCUT2D eigenvalue weighted by Crippen LogP contribution is 2.36. The zero-order valence-electron chi connectivity index (χ0n) is 14.6. The van der Waals surface area contributed by atoms with Crippen LogP contribution in [0.5, 0.6) is 17.2 Å². The Morgan fingerprint density at radius 1 is 0.885 bits per heavy atom. The molecule has 0 aromatic heterocycles. The van der Waals surface area contributed by atoms with E-state index in [9.17, 15) is 4.79 Å². The maximum absolute atomic E-state index is 13.3. The molecular weight excluding hydrogens is 398 g/mol.